The SMILES string of the molecule is CCN(CCC(=O)N1CCNCC1)Cc1ccccn1. The summed E-state index contributed by atoms with van der Waals surface area (Å²) in [6, 6.07) is 5.95. The lowest BCUT2D eigenvalue weighted by Crippen LogP contribution is -2.47. The van der Waals surface area contributed by atoms with E-state index in [9.17, 15) is 4.79 Å². The van der Waals surface area contributed by atoms with Crippen LogP contribution >= 0.6 is 0 Å². The Morgan fingerprint density at radius 1 is 1.40 bits per heavy atom. The maximum atomic E-state index is 12.1. The number of hydrogen-bond donors (Lipinski definition) is 1. The second kappa shape index (κ2) is 7.97. The number of piperazine rings is 1. The van der Waals surface area contributed by atoms with Gasteiger partial charge in [0.15, 0.2) is 0 Å². The molecule has 1 amide bonds. The molecule has 0 spiro atoms. The van der Waals surface area contributed by atoms with E-state index in [1.165, 1.54) is 0 Å². The molecule has 1 aromatic heterocycles. The van der Waals surface area contributed by atoms with Crippen molar-refractivity contribution in [3.63, 3.8) is 0 Å². The van der Waals surface area contributed by atoms with E-state index in [0.717, 1.165) is 51.5 Å². The molecule has 0 bridgehead atoms. The molecule has 20 heavy (non-hydrogen) atoms. The molecule has 2 rings (SSSR count). The number of pyridine rings is 1. The minimum Gasteiger partial charge on any atom is -0.340 e. The molecule has 0 unspecified atom stereocenters. The van der Waals surface area contributed by atoms with Crippen LogP contribution < -0.4 is 5.32 Å². The summed E-state index contributed by atoms with van der Waals surface area (Å²) in [5, 5.41) is 3.27. The van der Waals surface area contributed by atoms with Crippen LogP contribution in [-0.4, -0.2) is 60.0 Å². The monoisotopic (exact) mass is 276 g/mol. The zero-order valence-electron chi connectivity index (χ0n) is 12.2. The van der Waals surface area contributed by atoms with Crippen molar-refractivity contribution in [2.45, 2.75) is 19.9 Å². The fourth-order valence-corrected chi connectivity index (χ4v) is 2.40. The van der Waals surface area contributed by atoms with Crippen molar-refractivity contribution in [1.29, 1.82) is 0 Å². The van der Waals surface area contributed by atoms with Crippen LogP contribution in [-0.2, 0) is 11.3 Å². The molecule has 0 saturated carbocycles. The van der Waals surface area contributed by atoms with Crippen molar-refractivity contribution >= 4 is 5.91 Å². The molecule has 0 aromatic carbocycles. The number of nitrogens with one attached hydrogen (secondary N) is 1. The Labute approximate surface area is 121 Å². The van der Waals surface area contributed by atoms with E-state index in [1.54, 1.807) is 0 Å². The number of hydrogen-bond acceptors (Lipinski definition) is 4. The Hall–Kier alpha value is -1.46. The summed E-state index contributed by atoms with van der Waals surface area (Å²) in [6.45, 7) is 8.18. The van der Waals surface area contributed by atoms with Crippen molar-refractivity contribution in [2.75, 3.05) is 39.3 Å². The van der Waals surface area contributed by atoms with Crippen LogP contribution in [0.4, 0.5) is 0 Å². The summed E-state index contributed by atoms with van der Waals surface area (Å²) in [4.78, 5) is 20.7. The van der Waals surface area contributed by atoms with Crippen molar-refractivity contribution in [3.05, 3.63) is 30.1 Å². The highest BCUT2D eigenvalue weighted by molar-refractivity contribution is 5.76. The molecule has 1 aromatic rings. The van der Waals surface area contributed by atoms with E-state index in [0.29, 0.717) is 6.42 Å². The highest BCUT2D eigenvalue weighted by Crippen LogP contribution is 2.04. The second-order valence-electron chi connectivity index (χ2n) is 5.07. The topological polar surface area (TPSA) is 48.5 Å². The quantitative estimate of drug-likeness (QED) is 0.832. The first-order chi connectivity index (χ1) is 9.79. The number of carbonyl (C=O) groups excluding carboxylic acids is 1. The summed E-state index contributed by atoms with van der Waals surface area (Å²) >= 11 is 0. The van der Waals surface area contributed by atoms with Crippen LogP contribution in [0.15, 0.2) is 24.4 Å². The first-order valence-electron chi connectivity index (χ1n) is 7.40. The summed E-state index contributed by atoms with van der Waals surface area (Å²) in [7, 11) is 0. The van der Waals surface area contributed by atoms with Crippen molar-refractivity contribution in [3.8, 4) is 0 Å². The van der Waals surface area contributed by atoms with Crippen molar-refractivity contribution < 1.29 is 4.79 Å². The molecule has 1 aliphatic rings. The highest BCUT2D eigenvalue weighted by atomic mass is 16.2. The molecule has 0 aliphatic carbocycles. The summed E-state index contributed by atoms with van der Waals surface area (Å²) in [5.41, 5.74) is 1.06. The van der Waals surface area contributed by atoms with Gasteiger partial charge in [-0.3, -0.25) is 14.7 Å². The van der Waals surface area contributed by atoms with Crippen molar-refractivity contribution in [2.24, 2.45) is 0 Å². The average molecular weight is 276 g/mol. The Kier molecular flexibility index (Phi) is 5.95. The first-order valence-corrected chi connectivity index (χ1v) is 7.40. The molecular formula is C15H24N4O. The van der Waals surface area contributed by atoms with Gasteiger partial charge in [-0.15, -0.1) is 0 Å². The maximum Gasteiger partial charge on any atom is 0.223 e. The Morgan fingerprint density at radius 2 is 2.20 bits per heavy atom. The van der Waals surface area contributed by atoms with Gasteiger partial charge in [0.05, 0.1) is 5.69 Å². The Bertz CT molecular complexity index is 404. The van der Waals surface area contributed by atoms with E-state index >= 15 is 0 Å². The summed E-state index contributed by atoms with van der Waals surface area (Å²) < 4.78 is 0. The third kappa shape index (κ3) is 4.58. The molecule has 1 saturated heterocycles. The molecule has 1 N–H and O–H groups in total. The Morgan fingerprint density at radius 3 is 2.85 bits per heavy atom. The molecule has 2 heterocycles. The molecule has 1 fully saturated rings. The van der Waals surface area contributed by atoms with Gasteiger partial charge in [-0.2, -0.15) is 0 Å². The number of nitrogens with zero attached hydrogens (tertiary/aromatic N) is 3. The van der Waals surface area contributed by atoms with Crippen LogP contribution in [0, 0.1) is 0 Å². The van der Waals surface area contributed by atoms with Gasteiger partial charge >= 0.3 is 0 Å². The lowest BCUT2D eigenvalue weighted by atomic mass is 10.2. The zero-order chi connectivity index (χ0) is 14.2. The molecule has 0 radical (unpaired) electrons. The normalized spacial score (nSPS) is 15.6. The minimum absolute atomic E-state index is 0.269. The standard InChI is InChI=1S/C15H24N4O/c1-2-18(13-14-5-3-4-7-17-14)10-6-15(20)19-11-8-16-9-12-19/h3-5,7,16H,2,6,8-13H2,1H3. The number of carbonyl (C=O) groups is 1. The van der Waals surface area contributed by atoms with Gasteiger partial charge in [-0.25, -0.2) is 0 Å². The van der Waals surface area contributed by atoms with Crippen LogP contribution in [0.3, 0.4) is 0 Å². The number of amides is 1. The smallest absolute Gasteiger partial charge is 0.223 e. The van der Waals surface area contributed by atoms with Crippen LogP contribution in [0.1, 0.15) is 19.0 Å². The van der Waals surface area contributed by atoms with E-state index in [-0.39, 0.29) is 5.91 Å². The second-order valence-corrected chi connectivity index (χ2v) is 5.07. The summed E-state index contributed by atoms with van der Waals surface area (Å²) in [6.07, 6.45) is 2.41. The van der Waals surface area contributed by atoms with E-state index in [2.05, 4.69) is 22.1 Å². The molecule has 110 valence electrons. The maximum absolute atomic E-state index is 12.1. The van der Waals surface area contributed by atoms with E-state index < -0.39 is 0 Å². The number of aromatic nitrogens is 1. The minimum atomic E-state index is 0.269. The van der Waals surface area contributed by atoms with Crippen LogP contribution in [0.5, 0.6) is 0 Å². The van der Waals surface area contributed by atoms with Crippen LogP contribution in [0.2, 0.25) is 0 Å². The first kappa shape index (κ1) is 14.9. The molecule has 1 aliphatic heterocycles. The van der Waals surface area contributed by atoms with Gasteiger partial charge in [0.2, 0.25) is 5.91 Å². The predicted molar refractivity (Wildman–Crippen MR) is 79.3 cm³/mol. The Balaban J connectivity index is 1.77. The van der Waals surface area contributed by atoms with E-state index in [4.69, 9.17) is 0 Å². The van der Waals surface area contributed by atoms with Gasteiger partial charge < -0.3 is 10.2 Å². The van der Waals surface area contributed by atoms with Crippen LogP contribution in [0.25, 0.3) is 0 Å². The van der Waals surface area contributed by atoms with E-state index in [1.807, 2.05) is 29.3 Å². The highest BCUT2D eigenvalue weighted by Gasteiger charge is 2.16. The molecule has 5 heteroatoms. The van der Waals surface area contributed by atoms with Gasteiger partial charge in [-0.05, 0) is 18.7 Å². The molecule has 5 nitrogen and oxygen atoms in total. The number of rotatable bonds is 6. The van der Waals surface area contributed by atoms with Gasteiger partial charge in [-0.1, -0.05) is 13.0 Å². The third-order valence-corrected chi connectivity index (χ3v) is 3.67. The molecular weight excluding hydrogens is 252 g/mol. The fraction of sp³-hybridized carbons (Fsp3) is 0.600. The average Bonchev–Trinajstić information content (AvgIpc) is 2.53. The van der Waals surface area contributed by atoms with Gasteiger partial charge in [0, 0.05) is 51.9 Å². The van der Waals surface area contributed by atoms with Crippen molar-refractivity contribution in [1.82, 2.24) is 20.1 Å². The summed E-state index contributed by atoms with van der Waals surface area (Å²) in [5.74, 6) is 0.269. The van der Waals surface area contributed by atoms with Gasteiger partial charge in [0.1, 0.15) is 0 Å². The largest absolute Gasteiger partial charge is 0.340 e. The third-order valence-electron chi connectivity index (χ3n) is 3.67. The lowest BCUT2D eigenvalue weighted by molar-refractivity contribution is -0.132. The lowest BCUT2D eigenvalue weighted by Gasteiger charge is -2.28. The molecule has 0 atom stereocenters. The van der Waals surface area contributed by atoms with Gasteiger partial charge in [0.25, 0.3) is 0 Å². The zero-order valence-corrected chi connectivity index (χ0v) is 12.2. The predicted octanol–water partition coefficient (Wildman–Crippen LogP) is 0.725. The fourth-order valence-electron chi connectivity index (χ4n) is 2.40.